The molecule has 1 amide bonds. The number of nitrogens with zero attached hydrogens (tertiary/aromatic N) is 1. The number of hydrogen-bond acceptors (Lipinski definition) is 4. The van der Waals surface area contributed by atoms with E-state index in [1.165, 1.54) is 0 Å². The van der Waals surface area contributed by atoms with Crippen LogP contribution in [0, 0.1) is 0 Å². The van der Waals surface area contributed by atoms with E-state index in [0.29, 0.717) is 31.4 Å². The average Bonchev–Trinajstić information content (AvgIpc) is 3.01. The number of rotatable bonds is 2. The van der Waals surface area contributed by atoms with Gasteiger partial charge in [0.25, 0.3) is 5.91 Å². The summed E-state index contributed by atoms with van der Waals surface area (Å²) in [4.78, 5) is 14.7. The van der Waals surface area contributed by atoms with Gasteiger partial charge in [0.2, 0.25) is 0 Å². The van der Waals surface area contributed by atoms with Crippen molar-refractivity contribution in [2.45, 2.75) is 13.0 Å². The molecule has 1 saturated heterocycles. The number of thiophene rings is 1. The number of ether oxygens (including phenoxy) is 1. The van der Waals surface area contributed by atoms with E-state index in [2.05, 4.69) is 10.6 Å². The molecule has 3 rings (SSSR count). The summed E-state index contributed by atoms with van der Waals surface area (Å²) in [6, 6.07) is 1.84. The van der Waals surface area contributed by atoms with Crippen molar-refractivity contribution in [2.24, 2.45) is 0 Å². The van der Waals surface area contributed by atoms with E-state index in [1.54, 1.807) is 11.3 Å². The number of carbonyl (C=O) groups is 1. The third-order valence-corrected chi connectivity index (χ3v) is 4.60. The van der Waals surface area contributed by atoms with Gasteiger partial charge in [0.05, 0.1) is 24.8 Å². The number of nitrogens with one attached hydrogen (secondary N) is 2. The first-order chi connectivity index (χ1) is 10.2. The fourth-order valence-corrected chi connectivity index (χ4v) is 3.56. The molecule has 5 nitrogen and oxygen atoms in total. The maximum Gasteiger partial charge on any atom is 0.254 e. The van der Waals surface area contributed by atoms with Crippen molar-refractivity contribution < 1.29 is 9.53 Å². The van der Waals surface area contributed by atoms with Gasteiger partial charge in [-0.25, -0.2) is 0 Å². The molecule has 1 unspecified atom stereocenters. The zero-order valence-corrected chi connectivity index (χ0v) is 13.4. The Morgan fingerprint density at radius 2 is 2.24 bits per heavy atom. The summed E-state index contributed by atoms with van der Waals surface area (Å²) < 4.78 is 5.32. The van der Waals surface area contributed by atoms with Gasteiger partial charge in [-0.15, -0.1) is 0 Å². The Balaban J connectivity index is 1.93. The van der Waals surface area contributed by atoms with E-state index in [-0.39, 0.29) is 11.9 Å². The van der Waals surface area contributed by atoms with E-state index in [0.717, 1.165) is 16.8 Å². The molecule has 0 radical (unpaired) electrons. The molecule has 7 heteroatoms. The third-order valence-electron chi connectivity index (χ3n) is 3.67. The van der Waals surface area contributed by atoms with Crippen LogP contribution in [0.2, 0.25) is 0 Å². The zero-order valence-electron chi connectivity index (χ0n) is 11.7. The van der Waals surface area contributed by atoms with E-state index < -0.39 is 0 Å². The number of thiocarbonyl (C=S) groups is 1. The fourth-order valence-electron chi connectivity index (χ4n) is 2.60. The lowest BCUT2D eigenvalue weighted by Gasteiger charge is -2.34. The molecule has 21 heavy (non-hydrogen) atoms. The summed E-state index contributed by atoms with van der Waals surface area (Å²) in [7, 11) is 0. The van der Waals surface area contributed by atoms with Crippen molar-refractivity contribution >= 4 is 34.6 Å². The largest absolute Gasteiger partial charge is 0.378 e. The van der Waals surface area contributed by atoms with Gasteiger partial charge in [0.15, 0.2) is 5.11 Å². The van der Waals surface area contributed by atoms with Crippen LogP contribution in [0.25, 0.3) is 0 Å². The lowest BCUT2D eigenvalue weighted by atomic mass is 9.96. The van der Waals surface area contributed by atoms with E-state index >= 15 is 0 Å². The molecule has 1 aromatic rings. The van der Waals surface area contributed by atoms with Gasteiger partial charge >= 0.3 is 0 Å². The summed E-state index contributed by atoms with van der Waals surface area (Å²) in [6.07, 6.45) is 0. The number of allylic oxidation sites excluding steroid dienone is 1. The van der Waals surface area contributed by atoms with Crippen molar-refractivity contribution in [3.05, 3.63) is 33.7 Å². The summed E-state index contributed by atoms with van der Waals surface area (Å²) in [5.41, 5.74) is 2.63. The topological polar surface area (TPSA) is 53.6 Å². The summed E-state index contributed by atoms with van der Waals surface area (Å²) in [5, 5.41) is 10.9. The van der Waals surface area contributed by atoms with Crippen LogP contribution in [0.3, 0.4) is 0 Å². The number of morpholine rings is 1. The van der Waals surface area contributed by atoms with Crippen LogP contribution in [0.4, 0.5) is 0 Å². The zero-order chi connectivity index (χ0) is 14.8. The highest BCUT2D eigenvalue weighted by Gasteiger charge is 2.33. The van der Waals surface area contributed by atoms with Crippen LogP contribution in [0.15, 0.2) is 28.1 Å². The minimum Gasteiger partial charge on any atom is -0.378 e. The minimum atomic E-state index is -0.180. The second-order valence-electron chi connectivity index (χ2n) is 5.03. The Morgan fingerprint density at radius 3 is 2.90 bits per heavy atom. The van der Waals surface area contributed by atoms with E-state index in [1.807, 2.05) is 28.7 Å². The van der Waals surface area contributed by atoms with Gasteiger partial charge in [-0.1, -0.05) is 0 Å². The van der Waals surface area contributed by atoms with Crippen LogP contribution in [0.1, 0.15) is 18.5 Å². The predicted octanol–water partition coefficient (Wildman–Crippen LogP) is 1.40. The Labute approximate surface area is 133 Å². The van der Waals surface area contributed by atoms with Gasteiger partial charge in [-0.2, -0.15) is 11.3 Å². The van der Waals surface area contributed by atoms with Crippen molar-refractivity contribution in [3.8, 4) is 0 Å². The second-order valence-corrected chi connectivity index (χ2v) is 6.22. The molecule has 112 valence electrons. The standard InChI is InChI=1S/C14H17N3O2S2/c1-9-11(13(18)17-3-5-19-6-4-17)12(16-14(20)15-9)10-2-7-21-8-10/h2,7-8,12H,3-6H2,1H3,(H2,15,16,20). The third kappa shape index (κ3) is 2.95. The molecule has 2 N–H and O–H groups in total. The molecule has 1 atom stereocenters. The molecule has 3 heterocycles. The quantitative estimate of drug-likeness (QED) is 0.806. The molecule has 1 fully saturated rings. The minimum absolute atomic E-state index is 0.0505. The molecule has 2 aliphatic heterocycles. The molecule has 0 bridgehead atoms. The predicted molar refractivity (Wildman–Crippen MR) is 86.0 cm³/mol. The van der Waals surface area contributed by atoms with Gasteiger partial charge in [-0.3, -0.25) is 4.79 Å². The van der Waals surface area contributed by atoms with Gasteiger partial charge in [-0.05, 0) is 41.5 Å². The average molecular weight is 323 g/mol. The highest BCUT2D eigenvalue weighted by molar-refractivity contribution is 7.80. The van der Waals surface area contributed by atoms with Gasteiger partial charge in [0.1, 0.15) is 0 Å². The summed E-state index contributed by atoms with van der Waals surface area (Å²) in [6.45, 7) is 4.37. The van der Waals surface area contributed by atoms with Crippen LogP contribution in [-0.4, -0.2) is 42.2 Å². The SMILES string of the molecule is CC1=C(C(=O)N2CCOCC2)C(c2ccsc2)NC(=S)N1. The van der Waals surface area contributed by atoms with Crippen molar-refractivity contribution in [1.29, 1.82) is 0 Å². The molecule has 0 spiro atoms. The highest BCUT2D eigenvalue weighted by atomic mass is 32.1. The molecule has 0 aromatic carbocycles. The van der Waals surface area contributed by atoms with Crippen LogP contribution < -0.4 is 10.6 Å². The smallest absolute Gasteiger partial charge is 0.254 e. The molecular weight excluding hydrogens is 306 g/mol. The number of hydrogen-bond donors (Lipinski definition) is 2. The fraction of sp³-hybridized carbons (Fsp3) is 0.429. The van der Waals surface area contributed by atoms with Gasteiger partial charge < -0.3 is 20.3 Å². The number of carbonyl (C=O) groups excluding carboxylic acids is 1. The van der Waals surface area contributed by atoms with Crippen LogP contribution in [-0.2, 0) is 9.53 Å². The Kier molecular flexibility index (Phi) is 4.23. The van der Waals surface area contributed by atoms with Crippen molar-refractivity contribution in [3.63, 3.8) is 0 Å². The summed E-state index contributed by atoms with van der Waals surface area (Å²) >= 11 is 6.85. The lowest BCUT2D eigenvalue weighted by Crippen LogP contribution is -2.49. The Morgan fingerprint density at radius 1 is 1.48 bits per heavy atom. The molecular formula is C14H17N3O2S2. The van der Waals surface area contributed by atoms with Crippen LogP contribution in [0.5, 0.6) is 0 Å². The second kappa shape index (κ2) is 6.13. The van der Waals surface area contributed by atoms with Crippen molar-refractivity contribution in [2.75, 3.05) is 26.3 Å². The number of amides is 1. The first kappa shape index (κ1) is 14.5. The van der Waals surface area contributed by atoms with Crippen LogP contribution >= 0.6 is 23.6 Å². The highest BCUT2D eigenvalue weighted by Crippen LogP contribution is 2.29. The molecule has 0 aliphatic carbocycles. The van der Waals surface area contributed by atoms with Crippen molar-refractivity contribution in [1.82, 2.24) is 15.5 Å². The monoisotopic (exact) mass is 323 g/mol. The summed E-state index contributed by atoms with van der Waals surface area (Å²) in [5.74, 6) is 0.0505. The van der Waals surface area contributed by atoms with E-state index in [9.17, 15) is 4.79 Å². The Bertz CT molecular complexity index is 577. The normalized spacial score (nSPS) is 22.8. The molecule has 0 saturated carbocycles. The molecule has 1 aromatic heterocycles. The Hall–Kier alpha value is -1.44. The first-order valence-electron chi connectivity index (χ1n) is 6.84. The van der Waals surface area contributed by atoms with Gasteiger partial charge in [0, 0.05) is 18.8 Å². The maximum atomic E-state index is 12.9. The maximum absolute atomic E-state index is 12.9. The molecule has 2 aliphatic rings. The van der Waals surface area contributed by atoms with E-state index in [4.69, 9.17) is 17.0 Å². The first-order valence-corrected chi connectivity index (χ1v) is 8.19. The lowest BCUT2D eigenvalue weighted by molar-refractivity contribution is -0.131.